The molecule has 1 N–H and O–H groups in total. The lowest BCUT2D eigenvalue weighted by Gasteiger charge is -2.11. The van der Waals surface area contributed by atoms with Gasteiger partial charge < -0.3 is 0 Å². The second kappa shape index (κ2) is 4.67. The van der Waals surface area contributed by atoms with Gasteiger partial charge in [-0.3, -0.25) is 9.89 Å². The quantitative estimate of drug-likeness (QED) is 0.901. The number of aromatic amines is 1. The van der Waals surface area contributed by atoms with Crippen LogP contribution in [-0.4, -0.2) is 36.6 Å². The molecule has 0 aliphatic rings. The lowest BCUT2D eigenvalue weighted by Crippen LogP contribution is -2.22. The standard InChI is InChI=1S/C12H15N3O3S/c1-9-8-12(16)15(13-9)10-4-6-11(7-5-10)19(17,18)14(2)3/h4-8,13H,1-3H3. The number of rotatable bonds is 3. The molecule has 1 aromatic heterocycles. The van der Waals surface area contributed by atoms with Crippen LogP contribution in [0.1, 0.15) is 5.69 Å². The first kappa shape index (κ1) is 13.6. The summed E-state index contributed by atoms with van der Waals surface area (Å²) in [6.07, 6.45) is 0. The third kappa shape index (κ3) is 2.47. The van der Waals surface area contributed by atoms with Crippen molar-refractivity contribution in [2.45, 2.75) is 11.8 Å². The molecule has 0 radical (unpaired) electrons. The maximum Gasteiger partial charge on any atom is 0.271 e. The Balaban J connectivity index is 2.45. The van der Waals surface area contributed by atoms with E-state index in [1.54, 1.807) is 19.1 Å². The third-order valence-electron chi connectivity index (χ3n) is 2.72. The molecule has 0 amide bonds. The Morgan fingerprint density at radius 3 is 2.16 bits per heavy atom. The first-order valence-electron chi connectivity index (χ1n) is 5.64. The Morgan fingerprint density at radius 1 is 1.16 bits per heavy atom. The summed E-state index contributed by atoms with van der Waals surface area (Å²) < 4.78 is 26.3. The van der Waals surface area contributed by atoms with Gasteiger partial charge in [0, 0.05) is 25.9 Å². The fraction of sp³-hybridized carbons (Fsp3) is 0.250. The summed E-state index contributed by atoms with van der Waals surface area (Å²) in [5, 5.41) is 2.89. The zero-order chi connectivity index (χ0) is 14.2. The molecule has 1 heterocycles. The molecule has 0 spiro atoms. The van der Waals surface area contributed by atoms with Gasteiger partial charge >= 0.3 is 0 Å². The molecular formula is C12H15N3O3S. The van der Waals surface area contributed by atoms with Gasteiger partial charge in [0.15, 0.2) is 0 Å². The predicted molar refractivity (Wildman–Crippen MR) is 72.0 cm³/mol. The summed E-state index contributed by atoms with van der Waals surface area (Å²) in [7, 11) is -0.496. The molecule has 0 saturated heterocycles. The van der Waals surface area contributed by atoms with Crippen LogP contribution in [0.3, 0.4) is 0 Å². The second-order valence-electron chi connectivity index (χ2n) is 4.39. The van der Waals surface area contributed by atoms with Crippen molar-refractivity contribution in [2.24, 2.45) is 0 Å². The van der Waals surface area contributed by atoms with Crippen molar-refractivity contribution >= 4 is 10.0 Å². The topological polar surface area (TPSA) is 75.2 Å². The van der Waals surface area contributed by atoms with Crippen LogP contribution in [0.15, 0.2) is 40.0 Å². The predicted octanol–water partition coefficient (Wildman–Crippen LogP) is 0.724. The fourth-order valence-electron chi connectivity index (χ4n) is 1.68. The summed E-state index contributed by atoms with van der Waals surface area (Å²) in [5.74, 6) is 0. The molecule has 0 atom stereocenters. The van der Waals surface area contributed by atoms with E-state index in [0.29, 0.717) is 5.69 Å². The number of nitrogens with one attached hydrogen (secondary N) is 1. The number of nitrogens with zero attached hydrogens (tertiary/aromatic N) is 2. The fourth-order valence-corrected chi connectivity index (χ4v) is 2.58. The molecule has 0 unspecified atom stereocenters. The van der Waals surface area contributed by atoms with E-state index in [4.69, 9.17) is 0 Å². The smallest absolute Gasteiger partial charge is 0.271 e. The Labute approximate surface area is 111 Å². The van der Waals surface area contributed by atoms with E-state index in [2.05, 4.69) is 5.10 Å². The van der Waals surface area contributed by atoms with Crippen molar-refractivity contribution in [3.63, 3.8) is 0 Å². The summed E-state index contributed by atoms with van der Waals surface area (Å²) in [6.45, 7) is 1.78. The van der Waals surface area contributed by atoms with Crippen LogP contribution in [-0.2, 0) is 10.0 Å². The highest BCUT2D eigenvalue weighted by Crippen LogP contribution is 2.15. The molecule has 0 aliphatic heterocycles. The SMILES string of the molecule is Cc1cc(=O)n(-c2ccc(S(=O)(=O)N(C)C)cc2)[nH]1. The van der Waals surface area contributed by atoms with Crippen molar-refractivity contribution in [1.29, 1.82) is 0 Å². The maximum atomic E-state index is 11.9. The summed E-state index contributed by atoms with van der Waals surface area (Å²) in [4.78, 5) is 11.8. The van der Waals surface area contributed by atoms with E-state index in [-0.39, 0.29) is 10.5 Å². The molecule has 0 fully saturated rings. The van der Waals surface area contributed by atoms with Gasteiger partial charge in [-0.15, -0.1) is 0 Å². The van der Waals surface area contributed by atoms with Crippen LogP contribution < -0.4 is 5.56 Å². The highest BCUT2D eigenvalue weighted by Gasteiger charge is 2.16. The first-order valence-corrected chi connectivity index (χ1v) is 7.08. The minimum Gasteiger partial charge on any atom is -0.295 e. The molecule has 0 saturated carbocycles. The zero-order valence-electron chi connectivity index (χ0n) is 10.9. The monoisotopic (exact) mass is 281 g/mol. The Kier molecular flexibility index (Phi) is 3.34. The van der Waals surface area contributed by atoms with Gasteiger partial charge in [-0.1, -0.05) is 0 Å². The molecule has 1 aromatic carbocycles. The minimum atomic E-state index is -3.45. The van der Waals surface area contributed by atoms with E-state index in [1.807, 2.05) is 0 Å². The van der Waals surface area contributed by atoms with Crippen LogP contribution in [0.25, 0.3) is 5.69 Å². The van der Waals surface area contributed by atoms with Gasteiger partial charge in [0.05, 0.1) is 10.6 Å². The Morgan fingerprint density at radius 2 is 1.74 bits per heavy atom. The van der Waals surface area contributed by atoms with Crippen LogP contribution in [0.4, 0.5) is 0 Å². The average Bonchev–Trinajstić information content (AvgIpc) is 2.68. The number of sulfonamides is 1. The minimum absolute atomic E-state index is 0.180. The van der Waals surface area contributed by atoms with Crippen molar-refractivity contribution in [3.05, 3.63) is 46.4 Å². The largest absolute Gasteiger partial charge is 0.295 e. The second-order valence-corrected chi connectivity index (χ2v) is 6.55. The highest BCUT2D eigenvalue weighted by molar-refractivity contribution is 7.89. The van der Waals surface area contributed by atoms with Gasteiger partial charge in [0.2, 0.25) is 10.0 Å². The lowest BCUT2D eigenvalue weighted by molar-refractivity contribution is 0.520. The number of H-pyrrole nitrogens is 1. The third-order valence-corrected chi connectivity index (χ3v) is 4.55. The van der Waals surface area contributed by atoms with Gasteiger partial charge in [0.1, 0.15) is 0 Å². The number of hydrogen-bond acceptors (Lipinski definition) is 3. The number of hydrogen-bond donors (Lipinski definition) is 1. The van der Waals surface area contributed by atoms with Crippen molar-refractivity contribution < 1.29 is 8.42 Å². The molecule has 2 rings (SSSR count). The van der Waals surface area contributed by atoms with Crippen LogP contribution in [0.2, 0.25) is 0 Å². The van der Waals surface area contributed by atoms with Crippen LogP contribution in [0, 0.1) is 6.92 Å². The highest BCUT2D eigenvalue weighted by atomic mass is 32.2. The van der Waals surface area contributed by atoms with Crippen molar-refractivity contribution in [3.8, 4) is 5.69 Å². The molecule has 102 valence electrons. The summed E-state index contributed by atoms with van der Waals surface area (Å²) >= 11 is 0. The van der Waals surface area contributed by atoms with E-state index >= 15 is 0 Å². The molecule has 7 heteroatoms. The zero-order valence-corrected chi connectivity index (χ0v) is 11.7. The maximum absolute atomic E-state index is 11.9. The molecule has 19 heavy (non-hydrogen) atoms. The number of aryl methyl sites for hydroxylation is 1. The average molecular weight is 281 g/mol. The molecule has 6 nitrogen and oxygen atoms in total. The van der Waals surface area contributed by atoms with Crippen LogP contribution >= 0.6 is 0 Å². The molecule has 0 aliphatic carbocycles. The lowest BCUT2D eigenvalue weighted by atomic mass is 10.3. The number of aromatic nitrogens is 2. The number of benzene rings is 1. The van der Waals surface area contributed by atoms with Crippen LogP contribution in [0.5, 0.6) is 0 Å². The summed E-state index contributed by atoms with van der Waals surface area (Å²) in [6, 6.07) is 7.62. The first-order chi connectivity index (χ1) is 8.82. The van der Waals surface area contributed by atoms with Gasteiger partial charge in [-0.25, -0.2) is 17.4 Å². The van der Waals surface area contributed by atoms with Crippen molar-refractivity contribution in [1.82, 2.24) is 14.1 Å². The van der Waals surface area contributed by atoms with E-state index < -0.39 is 10.0 Å². The molecular weight excluding hydrogens is 266 g/mol. The Bertz CT molecular complexity index is 739. The van der Waals surface area contributed by atoms with Crippen molar-refractivity contribution in [2.75, 3.05) is 14.1 Å². The normalized spacial score (nSPS) is 12.0. The van der Waals surface area contributed by atoms with E-state index in [0.717, 1.165) is 10.00 Å². The van der Waals surface area contributed by atoms with Gasteiger partial charge in [-0.2, -0.15) is 0 Å². The van der Waals surface area contributed by atoms with Gasteiger partial charge in [0.25, 0.3) is 5.56 Å². The molecule has 2 aromatic rings. The summed E-state index contributed by atoms with van der Waals surface area (Å²) in [5.41, 5.74) is 1.16. The molecule has 0 bridgehead atoms. The van der Waals surface area contributed by atoms with E-state index in [9.17, 15) is 13.2 Å². The van der Waals surface area contributed by atoms with Gasteiger partial charge in [-0.05, 0) is 31.2 Å². The Hall–Kier alpha value is -1.86. The van der Waals surface area contributed by atoms with E-state index in [1.165, 1.54) is 37.0 Å².